The molecule has 1 unspecified atom stereocenters. The second-order valence-corrected chi connectivity index (χ2v) is 3.57. The van der Waals surface area contributed by atoms with Crippen LogP contribution >= 0.6 is 0 Å². The first kappa shape index (κ1) is 11.0. The van der Waals surface area contributed by atoms with Crippen molar-refractivity contribution in [2.24, 2.45) is 0 Å². The molecule has 1 N–H and O–H groups in total. The van der Waals surface area contributed by atoms with Crippen molar-refractivity contribution in [2.75, 3.05) is 0 Å². The molecule has 0 saturated heterocycles. The number of hydrogen-bond donors (Lipinski definition) is 1. The van der Waals surface area contributed by atoms with Gasteiger partial charge in [-0.25, -0.2) is 0 Å². The van der Waals surface area contributed by atoms with E-state index in [1.54, 1.807) is 0 Å². The third-order valence-corrected chi connectivity index (χ3v) is 2.26. The van der Waals surface area contributed by atoms with Crippen LogP contribution in [0.15, 0.2) is 36.4 Å². The molecule has 76 valence electrons. The zero-order chi connectivity index (χ0) is 10.4. The number of benzene rings is 1. The molecule has 1 atom stereocenters. The SMILES string of the molecule is CCCC(O)/C=C(\C)c1ccccc1. The first-order chi connectivity index (χ1) is 6.74. The van der Waals surface area contributed by atoms with Crippen molar-refractivity contribution in [3.63, 3.8) is 0 Å². The van der Waals surface area contributed by atoms with Gasteiger partial charge in [-0.2, -0.15) is 0 Å². The highest BCUT2D eigenvalue weighted by atomic mass is 16.3. The smallest absolute Gasteiger partial charge is 0.0726 e. The molecule has 14 heavy (non-hydrogen) atoms. The number of allylic oxidation sites excluding steroid dienone is 1. The molecule has 0 aliphatic heterocycles. The van der Waals surface area contributed by atoms with Gasteiger partial charge < -0.3 is 5.11 Å². The van der Waals surface area contributed by atoms with Crippen molar-refractivity contribution in [1.29, 1.82) is 0 Å². The van der Waals surface area contributed by atoms with Crippen LogP contribution in [0.1, 0.15) is 32.3 Å². The van der Waals surface area contributed by atoms with E-state index >= 15 is 0 Å². The lowest BCUT2D eigenvalue weighted by Crippen LogP contribution is -2.01. The number of aliphatic hydroxyl groups excluding tert-OH is 1. The van der Waals surface area contributed by atoms with Crippen molar-refractivity contribution in [3.8, 4) is 0 Å². The fourth-order valence-corrected chi connectivity index (χ4v) is 1.46. The van der Waals surface area contributed by atoms with Crippen molar-refractivity contribution in [1.82, 2.24) is 0 Å². The Morgan fingerprint density at radius 2 is 2.00 bits per heavy atom. The van der Waals surface area contributed by atoms with Gasteiger partial charge in [0.25, 0.3) is 0 Å². The Bertz CT molecular complexity index is 287. The van der Waals surface area contributed by atoms with E-state index < -0.39 is 0 Å². The van der Waals surface area contributed by atoms with E-state index in [1.807, 2.05) is 31.2 Å². The van der Waals surface area contributed by atoms with Crippen LogP contribution in [0.2, 0.25) is 0 Å². The molecule has 1 nitrogen and oxygen atoms in total. The summed E-state index contributed by atoms with van der Waals surface area (Å²) in [5.74, 6) is 0. The lowest BCUT2D eigenvalue weighted by molar-refractivity contribution is 0.212. The number of aliphatic hydroxyl groups is 1. The molecule has 1 aromatic carbocycles. The molecule has 0 fully saturated rings. The van der Waals surface area contributed by atoms with Gasteiger partial charge in [-0.15, -0.1) is 0 Å². The Morgan fingerprint density at radius 1 is 1.36 bits per heavy atom. The molecule has 0 spiro atoms. The predicted molar refractivity (Wildman–Crippen MR) is 61.0 cm³/mol. The van der Waals surface area contributed by atoms with Crippen LogP contribution in [0, 0.1) is 0 Å². The third kappa shape index (κ3) is 3.35. The lowest BCUT2D eigenvalue weighted by Gasteiger charge is -2.06. The van der Waals surface area contributed by atoms with E-state index in [0.29, 0.717) is 0 Å². The summed E-state index contributed by atoms with van der Waals surface area (Å²) in [5.41, 5.74) is 2.33. The summed E-state index contributed by atoms with van der Waals surface area (Å²) in [6.07, 6.45) is 3.48. The Labute approximate surface area is 86.1 Å². The van der Waals surface area contributed by atoms with E-state index in [2.05, 4.69) is 19.1 Å². The maximum absolute atomic E-state index is 9.60. The van der Waals surface area contributed by atoms with Crippen LogP contribution in [0.5, 0.6) is 0 Å². The molecule has 0 saturated carbocycles. The molecule has 0 amide bonds. The van der Waals surface area contributed by atoms with E-state index in [9.17, 15) is 5.11 Å². The number of rotatable bonds is 4. The summed E-state index contributed by atoms with van der Waals surface area (Å²) in [6.45, 7) is 4.11. The highest BCUT2D eigenvalue weighted by Crippen LogP contribution is 2.14. The Hall–Kier alpha value is -1.08. The minimum absolute atomic E-state index is 0.305. The van der Waals surface area contributed by atoms with Crippen molar-refractivity contribution in [3.05, 3.63) is 42.0 Å². The average molecular weight is 190 g/mol. The van der Waals surface area contributed by atoms with Gasteiger partial charge >= 0.3 is 0 Å². The monoisotopic (exact) mass is 190 g/mol. The van der Waals surface area contributed by atoms with Crippen LogP contribution in [0.3, 0.4) is 0 Å². The molecule has 0 heterocycles. The fourth-order valence-electron chi connectivity index (χ4n) is 1.46. The molecule has 0 aromatic heterocycles. The quantitative estimate of drug-likeness (QED) is 0.772. The van der Waals surface area contributed by atoms with Crippen molar-refractivity contribution >= 4 is 5.57 Å². The maximum Gasteiger partial charge on any atom is 0.0726 e. The second-order valence-electron chi connectivity index (χ2n) is 3.57. The summed E-state index contributed by atoms with van der Waals surface area (Å²) in [5, 5.41) is 9.60. The summed E-state index contributed by atoms with van der Waals surface area (Å²) >= 11 is 0. The van der Waals surface area contributed by atoms with Gasteiger partial charge in [0.1, 0.15) is 0 Å². The Balaban J connectivity index is 2.69. The Morgan fingerprint density at radius 3 is 2.57 bits per heavy atom. The summed E-state index contributed by atoms with van der Waals surface area (Å²) in [7, 11) is 0. The molecule has 0 aliphatic carbocycles. The number of hydrogen-bond acceptors (Lipinski definition) is 1. The first-order valence-electron chi connectivity index (χ1n) is 5.16. The standard InChI is InChI=1S/C13H18O/c1-3-7-13(14)10-11(2)12-8-5-4-6-9-12/h4-6,8-10,13-14H,3,7H2,1-2H3/b11-10+. The molecule has 1 heteroatoms. The van der Waals surface area contributed by atoms with Crippen LogP contribution in [0.4, 0.5) is 0 Å². The maximum atomic E-state index is 9.60. The minimum atomic E-state index is -0.305. The zero-order valence-electron chi connectivity index (χ0n) is 8.90. The summed E-state index contributed by atoms with van der Waals surface area (Å²) < 4.78 is 0. The molecule has 0 aliphatic rings. The minimum Gasteiger partial charge on any atom is -0.389 e. The highest BCUT2D eigenvalue weighted by molar-refractivity contribution is 5.63. The fraction of sp³-hybridized carbons (Fsp3) is 0.385. The molecule has 1 aromatic rings. The zero-order valence-corrected chi connectivity index (χ0v) is 8.90. The van der Waals surface area contributed by atoms with E-state index in [1.165, 1.54) is 5.56 Å². The molecular formula is C13H18O. The normalized spacial score (nSPS) is 14.1. The average Bonchev–Trinajstić information content (AvgIpc) is 2.19. The lowest BCUT2D eigenvalue weighted by atomic mass is 10.0. The molecular weight excluding hydrogens is 172 g/mol. The molecule has 0 bridgehead atoms. The van der Waals surface area contributed by atoms with Crippen LogP contribution < -0.4 is 0 Å². The molecule has 1 rings (SSSR count). The van der Waals surface area contributed by atoms with Gasteiger partial charge in [0.05, 0.1) is 6.10 Å². The van der Waals surface area contributed by atoms with Crippen LogP contribution in [0.25, 0.3) is 5.57 Å². The predicted octanol–water partition coefficient (Wildman–Crippen LogP) is 3.25. The van der Waals surface area contributed by atoms with Gasteiger partial charge in [-0.05, 0) is 24.5 Å². The van der Waals surface area contributed by atoms with Gasteiger partial charge in [-0.1, -0.05) is 49.8 Å². The largest absolute Gasteiger partial charge is 0.389 e. The van der Waals surface area contributed by atoms with Gasteiger partial charge in [0, 0.05) is 0 Å². The third-order valence-electron chi connectivity index (χ3n) is 2.26. The first-order valence-corrected chi connectivity index (χ1v) is 5.16. The van der Waals surface area contributed by atoms with Crippen LogP contribution in [-0.4, -0.2) is 11.2 Å². The summed E-state index contributed by atoms with van der Waals surface area (Å²) in [6, 6.07) is 10.1. The van der Waals surface area contributed by atoms with E-state index in [4.69, 9.17) is 0 Å². The molecule has 0 radical (unpaired) electrons. The highest BCUT2D eigenvalue weighted by Gasteiger charge is 2.00. The van der Waals surface area contributed by atoms with Gasteiger partial charge in [0.15, 0.2) is 0 Å². The van der Waals surface area contributed by atoms with Gasteiger partial charge in [-0.3, -0.25) is 0 Å². The van der Waals surface area contributed by atoms with Crippen molar-refractivity contribution in [2.45, 2.75) is 32.8 Å². The van der Waals surface area contributed by atoms with Gasteiger partial charge in [0.2, 0.25) is 0 Å². The van der Waals surface area contributed by atoms with Crippen LogP contribution in [-0.2, 0) is 0 Å². The topological polar surface area (TPSA) is 20.2 Å². The summed E-state index contributed by atoms with van der Waals surface area (Å²) in [4.78, 5) is 0. The van der Waals surface area contributed by atoms with Crippen molar-refractivity contribution < 1.29 is 5.11 Å². The van der Waals surface area contributed by atoms with E-state index in [0.717, 1.165) is 18.4 Å². The van der Waals surface area contributed by atoms with E-state index in [-0.39, 0.29) is 6.10 Å². The second kappa shape index (κ2) is 5.61. The Kier molecular flexibility index (Phi) is 4.41.